The van der Waals surface area contributed by atoms with E-state index in [0.717, 1.165) is 10.7 Å². The summed E-state index contributed by atoms with van der Waals surface area (Å²) in [6, 6.07) is 4.50. The minimum absolute atomic E-state index is 0.275. The minimum atomic E-state index is -0.280. The van der Waals surface area contributed by atoms with Crippen molar-refractivity contribution in [2.45, 2.75) is 13.3 Å². The molecule has 0 fully saturated rings. The molecule has 0 atom stereocenters. The molecule has 6 heteroatoms. The number of nitrogens with zero attached hydrogens (tertiary/aromatic N) is 1. The predicted molar refractivity (Wildman–Crippen MR) is 70.0 cm³/mol. The van der Waals surface area contributed by atoms with E-state index in [2.05, 4.69) is 15.3 Å². The number of thiazole rings is 1. The van der Waals surface area contributed by atoms with Crippen LogP contribution in [0.2, 0.25) is 0 Å². The van der Waals surface area contributed by atoms with Crippen molar-refractivity contribution >= 4 is 17.2 Å². The van der Waals surface area contributed by atoms with E-state index in [4.69, 9.17) is 0 Å². The van der Waals surface area contributed by atoms with Crippen LogP contribution in [0.15, 0.2) is 28.4 Å². The summed E-state index contributed by atoms with van der Waals surface area (Å²) in [5.41, 5.74) is 0.967. The first kappa shape index (κ1) is 12.5. The third kappa shape index (κ3) is 3.27. The van der Waals surface area contributed by atoms with Crippen molar-refractivity contribution in [3.05, 3.63) is 50.3 Å². The Labute approximate surface area is 108 Å². The van der Waals surface area contributed by atoms with Gasteiger partial charge in [-0.3, -0.25) is 9.59 Å². The van der Waals surface area contributed by atoms with Crippen LogP contribution in [0.1, 0.15) is 21.2 Å². The molecule has 2 N–H and O–H groups in total. The molecule has 94 valence electrons. The van der Waals surface area contributed by atoms with Crippen molar-refractivity contribution in [2.75, 3.05) is 6.54 Å². The summed E-state index contributed by atoms with van der Waals surface area (Å²) >= 11 is 1.59. The summed E-state index contributed by atoms with van der Waals surface area (Å²) in [6.07, 6.45) is 0.688. The van der Waals surface area contributed by atoms with Gasteiger partial charge in [-0.2, -0.15) is 0 Å². The predicted octanol–water partition coefficient (Wildman–Crippen LogP) is 1.11. The van der Waals surface area contributed by atoms with E-state index in [0.29, 0.717) is 13.0 Å². The number of pyridine rings is 1. The third-order valence-corrected chi connectivity index (χ3v) is 3.17. The molecule has 0 radical (unpaired) electrons. The SMILES string of the molecule is Cc1nc(CCNC(=O)c2cccc(=O)[nH]2)cs1. The number of amides is 1. The quantitative estimate of drug-likeness (QED) is 0.867. The molecule has 2 heterocycles. The lowest BCUT2D eigenvalue weighted by Crippen LogP contribution is -2.28. The van der Waals surface area contributed by atoms with E-state index < -0.39 is 0 Å². The van der Waals surface area contributed by atoms with Gasteiger partial charge in [0.05, 0.1) is 10.7 Å². The molecule has 1 amide bonds. The van der Waals surface area contributed by atoms with Gasteiger partial charge in [0.25, 0.3) is 5.91 Å². The molecule has 0 aliphatic carbocycles. The van der Waals surface area contributed by atoms with Crippen molar-refractivity contribution in [1.29, 1.82) is 0 Å². The lowest BCUT2D eigenvalue weighted by atomic mass is 10.3. The molecule has 0 saturated heterocycles. The first-order chi connectivity index (χ1) is 8.65. The van der Waals surface area contributed by atoms with Gasteiger partial charge in [-0.1, -0.05) is 6.07 Å². The highest BCUT2D eigenvalue weighted by atomic mass is 32.1. The zero-order valence-electron chi connectivity index (χ0n) is 9.90. The monoisotopic (exact) mass is 263 g/mol. The second-order valence-corrected chi connectivity index (χ2v) is 4.85. The Bertz CT molecular complexity index is 603. The van der Waals surface area contributed by atoms with Crippen molar-refractivity contribution in [1.82, 2.24) is 15.3 Å². The highest BCUT2D eigenvalue weighted by molar-refractivity contribution is 7.09. The molecule has 0 aliphatic heterocycles. The Morgan fingerprint density at radius 2 is 2.33 bits per heavy atom. The third-order valence-electron chi connectivity index (χ3n) is 2.35. The zero-order valence-corrected chi connectivity index (χ0v) is 10.7. The largest absolute Gasteiger partial charge is 0.350 e. The van der Waals surface area contributed by atoms with Crippen LogP contribution in [0.4, 0.5) is 0 Å². The van der Waals surface area contributed by atoms with Gasteiger partial charge in [0, 0.05) is 24.4 Å². The van der Waals surface area contributed by atoms with Gasteiger partial charge in [-0.05, 0) is 13.0 Å². The molecule has 2 rings (SSSR count). The molecule has 2 aromatic heterocycles. The first-order valence-electron chi connectivity index (χ1n) is 5.54. The molecule has 0 spiro atoms. The van der Waals surface area contributed by atoms with Crippen LogP contribution in [0.3, 0.4) is 0 Å². The molecule has 0 aromatic carbocycles. The van der Waals surface area contributed by atoms with Gasteiger partial charge in [0.1, 0.15) is 5.69 Å². The van der Waals surface area contributed by atoms with Gasteiger partial charge < -0.3 is 10.3 Å². The standard InChI is InChI=1S/C12H13N3O2S/c1-8-14-9(7-18-8)5-6-13-12(17)10-3-2-4-11(16)15-10/h2-4,7H,5-6H2,1H3,(H,13,17)(H,15,16). The Morgan fingerprint density at radius 1 is 1.50 bits per heavy atom. The fourth-order valence-electron chi connectivity index (χ4n) is 1.50. The smallest absolute Gasteiger partial charge is 0.267 e. The van der Waals surface area contributed by atoms with Crippen molar-refractivity contribution in [3.63, 3.8) is 0 Å². The molecule has 0 saturated carbocycles. The van der Waals surface area contributed by atoms with Gasteiger partial charge in [-0.15, -0.1) is 11.3 Å². The summed E-state index contributed by atoms with van der Waals surface area (Å²) in [6.45, 7) is 2.44. The minimum Gasteiger partial charge on any atom is -0.350 e. The first-order valence-corrected chi connectivity index (χ1v) is 6.41. The second-order valence-electron chi connectivity index (χ2n) is 3.79. The van der Waals surface area contributed by atoms with Gasteiger partial charge in [0.2, 0.25) is 5.56 Å². The van der Waals surface area contributed by atoms with Gasteiger partial charge in [-0.25, -0.2) is 4.98 Å². The Kier molecular flexibility index (Phi) is 3.88. The van der Waals surface area contributed by atoms with Crippen molar-refractivity contribution in [2.24, 2.45) is 0 Å². The highest BCUT2D eigenvalue weighted by Gasteiger charge is 2.05. The number of aromatic amines is 1. The van der Waals surface area contributed by atoms with Crippen LogP contribution >= 0.6 is 11.3 Å². The average Bonchev–Trinajstić information content (AvgIpc) is 2.75. The van der Waals surface area contributed by atoms with E-state index in [-0.39, 0.29) is 17.2 Å². The molecule has 18 heavy (non-hydrogen) atoms. The van der Waals surface area contributed by atoms with Gasteiger partial charge in [0.15, 0.2) is 0 Å². The number of nitrogens with one attached hydrogen (secondary N) is 2. The van der Waals surface area contributed by atoms with Crippen LogP contribution in [0.5, 0.6) is 0 Å². The maximum absolute atomic E-state index is 11.7. The Hall–Kier alpha value is -1.95. The van der Waals surface area contributed by atoms with E-state index in [1.165, 1.54) is 6.07 Å². The van der Waals surface area contributed by atoms with Crippen LogP contribution in [-0.4, -0.2) is 22.4 Å². The van der Waals surface area contributed by atoms with E-state index >= 15 is 0 Å². The topological polar surface area (TPSA) is 74.8 Å². The van der Waals surface area contributed by atoms with Crippen LogP contribution in [0, 0.1) is 6.92 Å². The molecule has 0 aliphatic rings. The number of hydrogen-bond donors (Lipinski definition) is 2. The van der Waals surface area contributed by atoms with Crippen LogP contribution in [0.25, 0.3) is 0 Å². The summed E-state index contributed by atoms with van der Waals surface area (Å²) in [4.78, 5) is 29.5. The Balaban J connectivity index is 1.87. The van der Waals surface area contributed by atoms with E-state index in [9.17, 15) is 9.59 Å². The summed E-state index contributed by atoms with van der Waals surface area (Å²) < 4.78 is 0. The molecular formula is C12H13N3O2S. The summed E-state index contributed by atoms with van der Waals surface area (Å²) in [7, 11) is 0. The number of rotatable bonds is 4. The van der Waals surface area contributed by atoms with Crippen LogP contribution < -0.4 is 10.9 Å². The molecule has 0 unspecified atom stereocenters. The number of carbonyl (C=O) groups is 1. The molecular weight excluding hydrogens is 250 g/mol. The second kappa shape index (κ2) is 5.59. The lowest BCUT2D eigenvalue weighted by Gasteiger charge is -2.03. The maximum Gasteiger partial charge on any atom is 0.267 e. The highest BCUT2D eigenvalue weighted by Crippen LogP contribution is 2.07. The number of aromatic nitrogens is 2. The fraction of sp³-hybridized carbons (Fsp3) is 0.250. The molecule has 0 bridgehead atoms. The maximum atomic E-state index is 11.7. The van der Waals surface area contributed by atoms with E-state index in [1.54, 1.807) is 23.5 Å². The number of hydrogen-bond acceptors (Lipinski definition) is 4. The average molecular weight is 263 g/mol. The van der Waals surface area contributed by atoms with Crippen molar-refractivity contribution < 1.29 is 4.79 Å². The number of aryl methyl sites for hydroxylation is 1. The Morgan fingerprint density at radius 3 is 3.00 bits per heavy atom. The van der Waals surface area contributed by atoms with Crippen LogP contribution in [-0.2, 0) is 6.42 Å². The molecule has 5 nitrogen and oxygen atoms in total. The summed E-state index contributed by atoms with van der Waals surface area (Å²) in [5.74, 6) is -0.278. The summed E-state index contributed by atoms with van der Waals surface area (Å²) in [5, 5.41) is 5.73. The fourth-order valence-corrected chi connectivity index (χ4v) is 2.15. The zero-order chi connectivity index (χ0) is 13.0. The van der Waals surface area contributed by atoms with Crippen molar-refractivity contribution in [3.8, 4) is 0 Å². The van der Waals surface area contributed by atoms with Gasteiger partial charge >= 0.3 is 0 Å². The van der Waals surface area contributed by atoms with E-state index in [1.807, 2.05) is 12.3 Å². The number of H-pyrrole nitrogens is 1. The molecule has 2 aromatic rings. The lowest BCUT2D eigenvalue weighted by molar-refractivity contribution is 0.0949. The normalized spacial score (nSPS) is 10.3. The number of carbonyl (C=O) groups excluding carboxylic acids is 1.